The second-order valence-electron chi connectivity index (χ2n) is 10.00. The number of alkyl halides is 3. The average Bonchev–Trinajstić information content (AvgIpc) is 2.90. The van der Waals surface area contributed by atoms with Gasteiger partial charge in [0.25, 0.3) is 0 Å². The molecule has 0 saturated heterocycles. The summed E-state index contributed by atoms with van der Waals surface area (Å²) >= 11 is 0. The first-order valence-corrected chi connectivity index (χ1v) is 11.7. The first-order valence-electron chi connectivity index (χ1n) is 11.7. The van der Waals surface area contributed by atoms with Gasteiger partial charge in [-0.1, -0.05) is 45.2 Å². The van der Waals surface area contributed by atoms with Crippen molar-refractivity contribution in [2.24, 2.45) is 5.41 Å². The van der Waals surface area contributed by atoms with E-state index in [1.54, 1.807) is 0 Å². The molecule has 0 spiro atoms. The molecule has 0 atom stereocenters. The molecule has 2 aliphatic rings. The molecule has 3 N–H and O–H groups in total. The number of nitrogens with zero attached hydrogens (tertiary/aromatic N) is 3. The number of ether oxygens (including phenoxy) is 2. The summed E-state index contributed by atoms with van der Waals surface area (Å²) in [5.74, 6) is 0.0844. The maximum Gasteiger partial charge on any atom is 0.573 e. The van der Waals surface area contributed by atoms with Crippen LogP contribution in [0.15, 0.2) is 24.3 Å². The first-order chi connectivity index (χ1) is 16.4. The molecule has 1 aliphatic carbocycles. The van der Waals surface area contributed by atoms with E-state index < -0.39 is 12.1 Å². The van der Waals surface area contributed by atoms with Crippen LogP contribution in [0.4, 0.5) is 24.7 Å². The minimum absolute atomic E-state index is 0.128. The van der Waals surface area contributed by atoms with Gasteiger partial charge in [-0.2, -0.15) is 4.68 Å². The molecule has 8 nitrogen and oxygen atoms in total. The van der Waals surface area contributed by atoms with Crippen molar-refractivity contribution >= 4 is 17.3 Å². The lowest BCUT2D eigenvalue weighted by Gasteiger charge is -2.29. The van der Waals surface area contributed by atoms with Gasteiger partial charge in [0.15, 0.2) is 22.9 Å². The van der Waals surface area contributed by atoms with Crippen LogP contribution in [-0.2, 0) is 0 Å². The van der Waals surface area contributed by atoms with Crippen LogP contribution in [0.5, 0.6) is 11.5 Å². The Bertz CT molecular complexity index is 1150. The number of fused-ring (bicyclic) bond motifs is 1. The van der Waals surface area contributed by atoms with Crippen molar-refractivity contribution in [1.82, 2.24) is 9.78 Å². The summed E-state index contributed by atoms with van der Waals surface area (Å²) in [7, 11) is 1.93. The van der Waals surface area contributed by atoms with E-state index in [-0.39, 0.29) is 28.3 Å². The Balaban J connectivity index is 1.78. The number of rotatable bonds is 4. The topological polar surface area (TPSA) is 99.2 Å². The SMILES string of the molecule is CN1CC(C)(C)COc2c1c(NC1CCCCC1)nn(C(=N)c1cccc(OC(F)(F)F)c1)c2=N. The third kappa shape index (κ3) is 5.71. The first kappa shape index (κ1) is 24.9. The zero-order valence-corrected chi connectivity index (χ0v) is 20.1. The normalized spacial score (nSPS) is 18.3. The molecule has 2 heterocycles. The van der Waals surface area contributed by atoms with Crippen LogP contribution < -0.4 is 25.2 Å². The molecule has 1 aliphatic heterocycles. The molecule has 0 radical (unpaired) electrons. The van der Waals surface area contributed by atoms with Gasteiger partial charge in [0.05, 0.1) is 6.61 Å². The van der Waals surface area contributed by atoms with E-state index in [4.69, 9.17) is 15.6 Å². The van der Waals surface area contributed by atoms with Gasteiger partial charge in [-0.3, -0.25) is 10.8 Å². The summed E-state index contributed by atoms with van der Waals surface area (Å²) in [5.41, 5.74) is 0.447. The highest BCUT2D eigenvalue weighted by atomic mass is 19.4. The standard InChI is InChI=1S/C24H31F3N6O2/c1-23(2)13-32(3)18-19(34-14-23)21(29)33(31-22(18)30-16-9-5-4-6-10-16)20(28)15-8-7-11-17(12-15)35-24(25,26)27/h7-8,11-12,16,28-29H,4-6,9-10,13-14H2,1-3H3,(H,30,31). The summed E-state index contributed by atoms with van der Waals surface area (Å²) in [4.78, 5) is 2.02. The van der Waals surface area contributed by atoms with Gasteiger partial charge in [0, 0.05) is 30.6 Å². The van der Waals surface area contributed by atoms with Crippen LogP contribution in [0.3, 0.4) is 0 Å². The Morgan fingerprint density at radius 1 is 1.23 bits per heavy atom. The van der Waals surface area contributed by atoms with E-state index in [2.05, 4.69) is 29.0 Å². The highest BCUT2D eigenvalue weighted by molar-refractivity contribution is 5.98. The number of hydrogen-bond acceptors (Lipinski definition) is 7. The number of hydrogen-bond donors (Lipinski definition) is 3. The Labute approximate surface area is 202 Å². The molecule has 2 aromatic rings. The quantitative estimate of drug-likeness (QED) is 0.423. The lowest BCUT2D eigenvalue weighted by molar-refractivity contribution is -0.274. The van der Waals surface area contributed by atoms with Crippen molar-refractivity contribution in [3.8, 4) is 11.5 Å². The maximum atomic E-state index is 12.7. The van der Waals surface area contributed by atoms with Crippen LogP contribution in [0.1, 0.15) is 51.5 Å². The van der Waals surface area contributed by atoms with E-state index in [0.29, 0.717) is 30.4 Å². The summed E-state index contributed by atoms with van der Waals surface area (Å²) < 4.78 is 49.4. The summed E-state index contributed by atoms with van der Waals surface area (Å²) in [6.45, 7) is 5.19. The number of anilines is 2. The van der Waals surface area contributed by atoms with E-state index >= 15 is 0 Å². The van der Waals surface area contributed by atoms with Crippen molar-refractivity contribution in [2.75, 3.05) is 30.4 Å². The predicted molar refractivity (Wildman–Crippen MR) is 126 cm³/mol. The van der Waals surface area contributed by atoms with Crippen molar-refractivity contribution in [3.63, 3.8) is 0 Å². The minimum Gasteiger partial charge on any atom is -0.487 e. The monoisotopic (exact) mass is 492 g/mol. The summed E-state index contributed by atoms with van der Waals surface area (Å²) in [6.07, 6.45) is 0.536. The number of aromatic nitrogens is 2. The van der Waals surface area contributed by atoms with Crippen LogP contribution in [-0.4, -0.2) is 48.2 Å². The van der Waals surface area contributed by atoms with Crippen LogP contribution in [0.25, 0.3) is 0 Å². The van der Waals surface area contributed by atoms with Crippen molar-refractivity contribution in [1.29, 1.82) is 10.8 Å². The van der Waals surface area contributed by atoms with Crippen LogP contribution in [0.2, 0.25) is 0 Å². The highest BCUT2D eigenvalue weighted by Crippen LogP contribution is 2.38. The fourth-order valence-electron chi connectivity index (χ4n) is 4.70. The average molecular weight is 493 g/mol. The Hall–Kier alpha value is -3.24. The Morgan fingerprint density at radius 2 is 1.94 bits per heavy atom. The number of halogens is 3. The zero-order valence-electron chi connectivity index (χ0n) is 20.1. The number of nitrogens with one attached hydrogen (secondary N) is 3. The van der Waals surface area contributed by atoms with Gasteiger partial charge in [-0.25, -0.2) is 0 Å². The maximum absolute atomic E-state index is 12.7. The van der Waals surface area contributed by atoms with Gasteiger partial charge < -0.3 is 19.7 Å². The predicted octanol–water partition coefficient (Wildman–Crippen LogP) is 4.73. The molecule has 0 amide bonds. The third-order valence-corrected chi connectivity index (χ3v) is 6.22. The van der Waals surface area contributed by atoms with Gasteiger partial charge in [0.1, 0.15) is 11.4 Å². The van der Waals surface area contributed by atoms with E-state index in [0.717, 1.165) is 42.5 Å². The van der Waals surface area contributed by atoms with Crippen molar-refractivity contribution < 1.29 is 22.6 Å². The van der Waals surface area contributed by atoms with Gasteiger partial charge >= 0.3 is 6.36 Å². The van der Waals surface area contributed by atoms with Gasteiger partial charge in [-0.05, 0) is 25.0 Å². The molecule has 4 rings (SSSR count). The molecule has 0 unspecified atom stereocenters. The molecule has 190 valence electrons. The summed E-state index contributed by atoms with van der Waals surface area (Å²) in [5, 5.41) is 25.6. The Morgan fingerprint density at radius 3 is 2.63 bits per heavy atom. The number of benzene rings is 1. The van der Waals surface area contributed by atoms with Crippen molar-refractivity contribution in [3.05, 3.63) is 35.3 Å². The van der Waals surface area contributed by atoms with Crippen molar-refractivity contribution in [2.45, 2.75) is 58.4 Å². The fraction of sp³-hybridized carbons (Fsp3) is 0.542. The fourth-order valence-corrected chi connectivity index (χ4v) is 4.70. The molecule has 0 bridgehead atoms. The third-order valence-electron chi connectivity index (χ3n) is 6.22. The highest BCUT2D eigenvalue weighted by Gasteiger charge is 2.33. The molecule has 1 aromatic heterocycles. The molecule has 1 saturated carbocycles. The van der Waals surface area contributed by atoms with Crippen LogP contribution in [0, 0.1) is 16.2 Å². The molecule has 11 heteroatoms. The minimum atomic E-state index is -4.85. The van der Waals surface area contributed by atoms with E-state index in [1.807, 2.05) is 11.9 Å². The van der Waals surface area contributed by atoms with E-state index in [1.165, 1.54) is 18.6 Å². The lowest BCUT2D eigenvalue weighted by atomic mass is 9.94. The second kappa shape index (κ2) is 9.43. The summed E-state index contributed by atoms with van der Waals surface area (Å²) in [6, 6.07) is 5.33. The molecule has 35 heavy (non-hydrogen) atoms. The molecule has 1 aromatic carbocycles. The van der Waals surface area contributed by atoms with E-state index in [9.17, 15) is 13.2 Å². The smallest absolute Gasteiger partial charge is 0.487 e. The zero-order chi connectivity index (χ0) is 25.4. The lowest BCUT2D eigenvalue weighted by Crippen LogP contribution is -2.35. The molecular weight excluding hydrogens is 461 g/mol. The van der Waals surface area contributed by atoms with Gasteiger partial charge in [0.2, 0.25) is 0 Å². The Kier molecular flexibility index (Phi) is 6.70. The second-order valence-corrected chi connectivity index (χ2v) is 10.00. The largest absolute Gasteiger partial charge is 0.573 e. The molecule has 1 fully saturated rings. The van der Waals surface area contributed by atoms with Crippen LogP contribution >= 0.6 is 0 Å². The van der Waals surface area contributed by atoms with Gasteiger partial charge in [-0.15, -0.1) is 18.3 Å². The molecular formula is C24H31F3N6O2.